The molecule has 1 amide bonds. The minimum atomic E-state index is -4.51. The molecule has 1 heterocycles. The second-order valence-corrected chi connectivity index (χ2v) is 7.25. The summed E-state index contributed by atoms with van der Waals surface area (Å²) in [7, 11) is -2.32. The van der Waals surface area contributed by atoms with Crippen molar-refractivity contribution in [1.29, 1.82) is 0 Å². The number of carbonyl (C=O) groups is 1. The van der Waals surface area contributed by atoms with Crippen molar-refractivity contribution in [1.82, 2.24) is 9.62 Å². The Morgan fingerprint density at radius 3 is 2.13 bits per heavy atom. The molecule has 1 aliphatic rings. The summed E-state index contributed by atoms with van der Waals surface area (Å²) in [5.41, 5.74) is -0.894. The monoisotopic (exact) mass is 350 g/mol. The number of halogens is 3. The molecule has 1 N–H and O–H groups in total. The largest absolute Gasteiger partial charge is 0.416 e. The van der Waals surface area contributed by atoms with E-state index in [4.69, 9.17) is 0 Å². The third-order valence-corrected chi connectivity index (χ3v) is 5.80. The first-order valence-corrected chi connectivity index (χ1v) is 8.49. The van der Waals surface area contributed by atoms with Crippen molar-refractivity contribution in [2.75, 3.05) is 20.1 Å². The average Bonchev–Trinajstić information content (AvgIpc) is 2.53. The third-order valence-electron chi connectivity index (χ3n) is 3.89. The summed E-state index contributed by atoms with van der Waals surface area (Å²) in [6.07, 6.45) is -3.73. The van der Waals surface area contributed by atoms with E-state index in [1.54, 1.807) is 0 Å². The lowest BCUT2D eigenvalue weighted by Crippen LogP contribution is -2.42. The fourth-order valence-corrected chi connectivity index (χ4v) is 4.00. The van der Waals surface area contributed by atoms with Crippen LogP contribution in [0.5, 0.6) is 0 Å². The zero-order chi connectivity index (χ0) is 17.3. The van der Waals surface area contributed by atoms with Crippen LogP contribution in [0.1, 0.15) is 18.4 Å². The molecule has 0 atom stereocenters. The lowest BCUT2D eigenvalue weighted by atomic mass is 9.97. The van der Waals surface area contributed by atoms with E-state index in [-0.39, 0.29) is 29.8 Å². The molecule has 2 rings (SSSR count). The minimum Gasteiger partial charge on any atom is -0.359 e. The summed E-state index contributed by atoms with van der Waals surface area (Å²) in [6, 6.07) is 3.43. The van der Waals surface area contributed by atoms with Crippen LogP contribution in [0.15, 0.2) is 29.2 Å². The molecule has 0 radical (unpaired) electrons. The normalized spacial score (nSPS) is 17.9. The number of alkyl halides is 3. The molecule has 1 aromatic rings. The zero-order valence-electron chi connectivity index (χ0n) is 12.4. The Balaban J connectivity index is 2.12. The molecule has 0 aliphatic carbocycles. The SMILES string of the molecule is CNC(=O)C1CCN(S(=O)(=O)c2ccc(C(F)(F)F)cc2)CC1. The van der Waals surface area contributed by atoms with Crippen LogP contribution in [0.25, 0.3) is 0 Å². The molecule has 0 saturated carbocycles. The molecule has 9 heteroatoms. The van der Waals surface area contributed by atoms with Crippen LogP contribution in [0.3, 0.4) is 0 Å². The summed E-state index contributed by atoms with van der Waals surface area (Å²) >= 11 is 0. The summed E-state index contributed by atoms with van der Waals surface area (Å²) in [6.45, 7) is 0.336. The Hall–Kier alpha value is -1.61. The predicted molar refractivity (Wildman–Crippen MR) is 77.0 cm³/mol. The highest BCUT2D eigenvalue weighted by molar-refractivity contribution is 7.89. The van der Waals surface area contributed by atoms with Gasteiger partial charge in [0, 0.05) is 26.1 Å². The first-order chi connectivity index (χ1) is 10.7. The van der Waals surface area contributed by atoms with Gasteiger partial charge in [0.1, 0.15) is 0 Å². The standard InChI is InChI=1S/C14H17F3N2O3S/c1-18-13(20)10-6-8-19(9-7-10)23(21,22)12-4-2-11(3-5-12)14(15,16)17/h2-5,10H,6-9H2,1H3,(H,18,20). The van der Waals surface area contributed by atoms with E-state index in [1.165, 1.54) is 11.4 Å². The van der Waals surface area contributed by atoms with E-state index < -0.39 is 21.8 Å². The second-order valence-electron chi connectivity index (χ2n) is 5.31. The predicted octanol–water partition coefficient (Wildman–Crippen LogP) is 1.85. The number of rotatable bonds is 3. The van der Waals surface area contributed by atoms with Gasteiger partial charge in [0.05, 0.1) is 10.5 Å². The van der Waals surface area contributed by atoms with Gasteiger partial charge in [-0.15, -0.1) is 0 Å². The van der Waals surface area contributed by atoms with Crippen molar-refractivity contribution in [3.63, 3.8) is 0 Å². The summed E-state index contributed by atoms with van der Waals surface area (Å²) in [5, 5.41) is 2.53. The van der Waals surface area contributed by atoms with Crippen molar-refractivity contribution in [2.24, 2.45) is 5.92 Å². The van der Waals surface area contributed by atoms with Crippen LogP contribution >= 0.6 is 0 Å². The number of hydrogen-bond acceptors (Lipinski definition) is 3. The Bertz CT molecular complexity index is 664. The van der Waals surface area contributed by atoms with E-state index in [0.29, 0.717) is 12.8 Å². The molecule has 1 saturated heterocycles. The Kier molecular flexibility index (Phi) is 5.00. The zero-order valence-corrected chi connectivity index (χ0v) is 13.2. The van der Waals surface area contributed by atoms with Crippen LogP contribution in [-0.2, 0) is 21.0 Å². The van der Waals surface area contributed by atoms with Crippen molar-refractivity contribution >= 4 is 15.9 Å². The quantitative estimate of drug-likeness (QED) is 0.905. The molecule has 0 unspecified atom stereocenters. The fraction of sp³-hybridized carbons (Fsp3) is 0.500. The van der Waals surface area contributed by atoms with Gasteiger partial charge in [0.2, 0.25) is 15.9 Å². The molecular weight excluding hydrogens is 333 g/mol. The second kappa shape index (κ2) is 6.48. The van der Waals surface area contributed by atoms with Gasteiger partial charge in [-0.3, -0.25) is 4.79 Å². The molecule has 0 spiro atoms. The maximum atomic E-state index is 12.5. The minimum absolute atomic E-state index is 0.128. The van der Waals surface area contributed by atoms with E-state index >= 15 is 0 Å². The first kappa shape index (κ1) is 17.7. The summed E-state index contributed by atoms with van der Waals surface area (Å²) < 4.78 is 63.7. The van der Waals surface area contributed by atoms with Crippen molar-refractivity contribution in [2.45, 2.75) is 23.9 Å². The summed E-state index contributed by atoms with van der Waals surface area (Å²) in [4.78, 5) is 11.4. The number of amides is 1. The fourth-order valence-electron chi connectivity index (χ4n) is 2.53. The van der Waals surface area contributed by atoms with Crippen LogP contribution in [0.2, 0.25) is 0 Å². The highest BCUT2D eigenvalue weighted by Crippen LogP contribution is 2.31. The average molecular weight is 350 g/mol. The molecular formula is C14H17F3N2O3S. The van der Waals surface area contributed by atoms with Gasteiger partial charge in [-0.05, 0) is 37.1 Å². The maximum Gasteiger partial charge on any atom is 0.416 e. The molecule has 1 aliphatic heterocycles. The van der Waals surface area contributed by atoms with E-state index in [2.05, 4.69) is 5.32 Å². The highest BCUT2D eigenvalue weighted by Gasteiger charge is 2.33. The van der Waals surface area contributed by atoms with Gasteiger partial charge in [0.25, 0.3) is 0 Å². The van der Waals surface area contributed by atoms with E-state index in [0.717, 1.165) is 24.3 Å². The number of nitrogens with one attached hydrogen (secondary N) is 1. The van der Waals surface area contributed by atoms with Crippen LogP contribution in [-0.4, -0.2) is 38.8 Å². The van der Waals surface area contributed by atoms with Gasteiger partial charge in [-0.2, -0.15) is 17.5 Å². The third kappa shape index (κ3) is 3.84. The number of benzene rings is 1. The molecule has 0 bridgehead atoms. The Morgan fingerprint density at radius 2 is 1.70 bits per heavy atom. The van der Waals surface area contributed by atoms with Gasteiger partial charge >= 0.3 is 6.18 Å². The Labute approximate surface area is 132 Å². The Morgan fingerprint density at radius 1 is 1.17 bits per heavy atom. The lowest BCUT2D eigenvalue weighted by Gasteiger charge is -2.30. The maximum absolute atomic E-state index is 12.5. The molecule has 23 heavy (non-hydrogen) atoms. The number of piperidine rings is 1. The summed E-state index contributed by atoms with van der Waals surface area (Å²) in [5.74, 6) is -0.365. The van der Waals surface area contributed by atoms with E-state index in [9.17, 15) is 26.4 Å². The van der Waals surface area contributed by atoms with Gasteiger partial charge in [-0.25, -0.2) is 8.42 Å². The van der Waals surface area contributed by atoms with Crippen molar-refractivity contribution < 1.29 is 26.4 Å². The van der Waals surface area contributed by atoms with Crippen molar-refractivity contribution in [3.8, 4) is 0 Å². The molecule has 1 aromatic carbocycles. The number of carbonyl (C=O) groups excluding carboxylic acids is 1. The van der Waals surface area contributed by atoms with Crippen LogP contribution in [0.4, 0.5) is 13.2 Å². The van der Waals surface area contributed by atoms with Crippen LogP contribution < -0.4 is 5.32 Å². The van der Waals surface area contributed by atoms with Crippen molar-refractivity contribution in [3.05, 3.63) is 29.8 Å². The number of sulfonamides is 1. The number of hydrogen-bond donors (Lipinski definition) is 1. The molecule has 1 fully saturated rings. The molecule has 5 nitrogen and oxygen atoms in total. The molecule has 128 valence electrons. The highest BCUT2D eigenvalue weighted by atomic mass is 32.2. The van der Waals surface area contributed by atoms with Crippen LogP contribution in [0, 0.1) is 5.92 Å². The molecule has 0 aromatic heterocycles. The lowest BCUT2D eigenvalue weighted by molar-refractivity contribution is -0.137. The smallest absolute Gasteiger partial charge is 0.359 e. The van der Waals surface area contributed by atoms with Gasteiger partial charge < -0.3 is 5.32 Å². The number of nitrogens with zero attached hydrogens (tertiary/aromatic N) is 1. The van der Waals surface area contributed by atoms with E-state index in [1.807, 2.05) is 0 Å². The topological polar surface area (TPSA) is 66.5 Å². The van der Waals surface area contributed by atoms with Gasteiger partial charge in [-0.1, -0.05) is 0 Å². The van der Waals surface area contributed by atoms with Gasteiger partial charge in [0.15, 0.2) is 0 Å². The first-order valence-electron chi connectivity index (χ1n) is 7.05.